The summed E-state index contributed by atoms with van der Waals surface area (Å²) in [6.45, 7) is 5.39. The molecule has 1 aliphatic rings. The molecule has 4 aromatic rings. The highest BCUT2D eigenvalue weighted by Gasteiger charge is 2.55. The molecular formula is C27H27ClN8O5. The zero-order chi connectivity index (χ0) is 29.4. The van der Waals surface area contributed by atoms with E-state index in [0.29, 0.717) is 33.2 Å². The zero-order valence-electron chi connectivity index (χ0n) is 22.4. The van der Waals surface area contributed by atoms with Crippen molar-refractivity contribution in [3.05, 3.63) is 77.7 Å². The molecule has 1 saturated heterocycles. The van der Waals surface area contributed by atoms with E-state index in [4.69, 9.17) is 16.1 Å². The molecule has 1 aliphatic heterocycles. The lowest BCUT2D eigenvalue weighted by Crippen LogP contribution is -2.47. The highest BCUT2D eigenvalue weighted by molar-refractivity contribution is 6.32. The third-order valence-corrected chi connectivity index (χ3v) is 6.96. The summed E-state index contributed by atoms with van der Waals surface area (Å²) in [6.07, 6.45) is 2.81. The van der Waals surface area contributed by atoms with Crippen LogP contribution in [0.2, 0.25) is 5.02 Å². The molecule has 13 nitrogen and oxygen atoms in total. The topological polar surface area (TPSA) is 172 Å². The molecule has 1 fully saturated rings. The van der Waals surface area contributed by atoms with Crippen LogP contribution in [0, 0.1) is 5.41 Å². The van der Waals surface area contributed by atoms with Crippen molar-refractivity contribution in [2.24, 2.45) is 10.4 Å². The van der Waals surface area contributed by atoms with E-state index in [1.54, 1.807) is 42.5 Å². The second kappa shape index (κ2) is 10.7. The number of rotatable bonds is 7. The minimum Gasteiger partial charge on any atom is -0.463 e. The lowest BCUT2D eigenvalue weighted by molar-refractivity contribution is -0.134. The van der Waals surface area contributed by atoms with Crippen molar-refractivity contribution in [3.63, 3.8) is 0 Å². The number of aliphatic hydroxyl groups is 1. The summed E-state index contributed by atoms with van der Waals surface area (Å²) < 4.78 is 6.29. The fourth-order valence-corrected chi connectivity index (χ4v) is 5.27. The van der Waals surface area contributed by atoms with E-state index in [0.717, 1.165) is 0 Å². The van der Waals surface area contributed by atoms with Crippen LogP contribution < -0.4 is 5.32 Å². The summed E-state index contributed by atoms with van der Waals surface area (Å²) in [7, 11) is 0. The number of carboxylic acid groups (broad SMARTS) is 1. The highest BCUT2D eigenvalue weighted by Crippen LogP contribution is 2.43. The van der Waals surface area contributed by atoms with Crippen LogP contribution in [-0.4, -0.2) is 64.6 Å². The molecule has 41 heavy (non-hydrogen) atoms. The minimum absolute atomic E-state index is 0.203. The molecule has 0 spiro atoms. The molecule has 2 aromatic heterocycles. The Bertz CT molecular complexity index is 1580. The number of halogens is 1. The summed E-state index contributed by atoms with van der Waals surface area (Å²) in [4.78, 5) is 39.3. The van der Waals surface area contributed by atoms with Gasteiger partial charge in [0, 0.05) is 5.56 Å². The van der Waals surface area contributed by atoms with Gasteiger partial charge in [0.2, 0.25) is 18.2 Å². The maximum absolute atomic E-state index is 14.6. The first-order valence-electron chi connectivity index (χ1n) is 12.6. The molecule has 2 amide bonds. The van der Waals surface area contributed by atoms with Crippen molar-refractivity contribution in [2.75, 3.05) is 6.61 Å². The summed E-state index contributed by atoms with van der Waals surface area (Å²) in [6, 6.07) is 10.9. The number of aliphatic hydroxyl groups excluding tert-OH is 1. The largest absolute Gasteiger partial charge is 0.463 e. The first-order valence-corrected chi connectivity index (χ1v) is 13.0. The Labute approximate surface area is 239 Å². The monoisotopic (exact) mass is 578 g/mol. The SMILES string of the molecule is CC(C)(C)CC1(c2ccc(-c3ncon3)cc2)NC(=NC(=O)O)N([C@H](CO)c2ccc(Cl)c(-n3cncn3)c2)C1=O. The van der Waals surface area contributed by atoms with Crippen LogP contribution >= 0.6 is 11.6 Å². The van der Waals surface area contributed by atoms with E-state index in [2.05, 4.69) is 30.5 Å². The zero-order valence-corrected chi connectivity index (χ0v) is 23.1. The fraction of sp³-hybridized carbons (Fsp3) is 0.296. The standard InChI is InChI=1S/C27H27ClN8O5/c1-26(2,3)12-27(18-7-4-16(5-8-18)22-30-15-41-34-22)23(38)36(24(33-27)32-25(39)40)21(11-37)17-6-9-19(28)20(10-17)35-14-29-13-31-35/h4-10,13-15,21,37H,11-12H2,1-3H3,(H,32,33)(H,39,40)/t21-,27?/m1/s1. The number of carbonyl (C=O) groups excluding carboxylic acids is 1. The van der Waals surface area contributed by atoms with Crippen molar-refractivity contribution in [2.45, 2.75) is 38.8 Å². The third-order valence-electron chi connectivity index (χ3n) is 6.64. The van der Waals surface area contributed by atoms with Gasteiger partial charge < -0.3 is 20.1 Å². The smallest absolute Gasteiger partial charge is 0.434 e. The van der Waals surface area contributed by atoms with Crippen molar-refractivity contribution < 1.29 is 24.3 Å². The van der Waals surface area contributed by atoms with Crippen LogP contribution in [-0.2, 0) is 10.3 Å². The molecule has 0 aliphatic carbocycles. The van der Waals surface area contributed by atoms with Gasteiger partial charge in [0.25, 0.3) is 5.91 Å². The molecule has 2 aromatic carbocycles. The second-order valence-electron chi connectivity index (χ2n) is 10.7. The van der Waals surface area contributed by atoms with Gasteiger partial charge in [-0.15, -0.1) is 4.99 Å². The number of carbonyl (C=O) groups is 2. The molecule has 0 bridgehead atoms. The van der Waals surface area contributed by atoms with Crippen molar-refractivity contribution >= 4 is 29.6 Å². The van der Waals surface area contributed by atoms with Gasteiger partial charge in [-0.25, -0.2) is 14.5 Å². The summed E-state index contributed by atoms with van der Waals surface area (Å²) >= 11 is 6.41. The number of hydrogen-bond donors (Lipinski definition) is 3. The number of aliphatic imine (C=N–C) groups is 1. The number of hydrogen-bond acceptors (Lipinski definition) is 8. The van der Waals surface area contributed by atoms with Gasteiger partial charge in [0.1, 0.15) is 18.2 Å². The summed E-state index contributed by atoms with van der Waals surface area (Å²) in [5, 5.41) is 31.7. The van der Waals surface area contributed by atoms with E-state index in [1.165, 1.54) is 28.6 Å². The number of nitrogens with zero attached hydrogens (tertiary/aromatic N) is 7. The quantitative estimate of drug-likeness (QED) is 0.293. The Morgan fingerprint density at radius 2 is 1.98 bits per heavy atom. The van der Waals surface area contributed by atoms with E-state index in [-0.39, 0.29) is 12.4 Å². The van der Waals surface area contributed by atoms with Gasteiger partial charge in [0.15, 0.2) is 0 Å². The predicted octanol–water partition coefficient (Wildman–Crippen LogP) is 3.80. The first-order chi connectivity index (χ1) is 19.5. The molecule has 0 radical (unpaired) electrons. The maximum atomic E-state index is 14.6. The van der Waals surface area contributed by atoms with E-state index < -0.39 is 35.6 Å². The molecule has 2 atom stereocenters. The van der Waals surface area contributed by atoms with E-state index in [1.807, 2.05) is 20.8 Å². The number of guanidine groups is 1. The number of benzene rings is 2. The van der Waals surface area contributed by atoms with Crippen LogP contribution in [0.1, 0.15) is 44.4 Å². The average molecular weight is 579 g/mol. The lowest BCUT2D eigenvalue weighted by atomic mass is 9.75. The Balaban J connectivity index is 1.63. The van der Waals surface area contributed by atoms with Gasteiger partial charge in [-0.1, -0.05) is 67.9 Å². The molecular weight excluding hydrogens is 552 g/mol. The predicted molar refractivity (Wildman–Crippen MR) is 147 cm³/mol. The van der Waals surface area contributed by atoms with Gasteiger partial charge in [-0.05, 0) is 35.1 Å². The maximum Gasteiger partial charge on any atom is 0.434 e. The van der Waals surface area contributed by atoms with E-state index >= 15 is 0 Å². The number of nitrogens with one attached hydrogen (secondary N) is 1. The van der Waals surface area contributed by atoms with Gasteiger partial charge >= 0.3 is 6.09 Å². The van der Waals surface area contributed by atoms with Gasteiger partial charge in [-0.2, -0.15) is 10.1 Å². The second-order valence-corrected chi connectivity index (χ2v) is 11.1. The first kappa shape index (κ1) is 27.9. The van der Waals surface area contributed by atoms with Gasteiger partial charge in [0.05, 0.1) is 23.4 Å². The van der Waals surface area contributed by atoms with Gasteiger partial charge in [-0.3, -0.25) is 9.69 Å². The molecule has 14 heteroatoms. The number of aromatic nitrogens is 5. The molecule has 0 saturated carbocycles. The van der Waals surface area contributed by atoms with Crippen LogP contribution in [0.15, 0.2) is 71.0 Å². The average Bonchev–Trinajstić information content (AvgIpc) is 3.69. The van der Waals surface area contributed by atoms with Crippen molar-refractivity contribution in [1.29, 1.82) is 0 Å². The molecule has 1 unspecified atom stereocenters. The Morgan fingerprint density at radius 1 is 1.22 bits per heavy atom. The third kappa shape index (κ3) is 5.41. The molecule has 5 rings (SSSR count). The Hall–Kier alpha value is -4.62. The summed E-state index contributed by atoms with van der Waals surface area (Å²) in [5.41, 5.74) is 0.390. The van der Waals surface area contributed by atoms with Crippen LogP contribution in [0.5, 0.6) is 0 Å². The minimum atomic E-state index is -1.50. The normalized spacial score (nSPS) is 19.0. The lowest BCUT2D eigenvalue weighted by Gasteiger charge is -2.35. The molecule has 3 N–H and O–H groups in total. The molecule has 3 heterocycles. The van der Waals surface area contributed by atoms with Crippen molar-refractivity contribution in [3.8, 4) is 17.1 Å². The van der Waals surface area contributed by atoms with Crippen LogP contribution in [0.4, 0.5) is 4.79 Å². The summed E-state index contributed by atoms with van der Waals surface area (Å²) in [5.74, 6) is -0.297. The Kier molecular flexibility index (Phi) is 7.32. The fourth-order valence-electron chi connectivity index (χ4n) is 5.06. The number of amides is 2. The Morgan fingerprint density at radius 3 is 2.56 bits per heavy atom. The highest BCUT2D eigenvalue weighted by atomic mass is 35.5. The van der Waals surface area contributed by atoms with Crippen molar-refractivity contribution in [1.82, 2.24) is 35.1 Å². The van der Waals surface area contributed by atoms with Crippen LogP contribution in [0.25, 0.3) is 17.1 Å². The van der Waals surface area contributed by atoms with E-state index in [9.17, 15) is 19.8 Å². The van der Waals surface area contributed by atoms with Crippen LogP contribution in [0.3, 0.4) is 0 Å². The molecule has 212 valence electrons.